The Labute approximate surface area is 150 Å². The summed E-state index contributed by atoms with van der Waals surface area (Å²) in [6.07, 6.45) is 0.495. The van der Waals surface area contributed by atoms with Crippen molar-refractivity contribution in [1.29, 1.82) is 0 Å². The lowest BCUT2D eigenvalue weighted by molar-refractivity contribution is 0.0950. The Morgan fingerprint density at radius 1 is 1.12 bits per heavy atom. The van der Waals surface area contributed by atoms with Gasteiger partial charge in [-0.1, -0.05) is 17.7 Å². The molecular formula is C18H19ClFNO4. The Bertz CT molecular complexity index is 721. The lowest BCUT2D eigenvalue weighted by Crippen LogP contribution is -2.26. The van der Waals surface area contributed by atoms with E-state index in [1.54, 1.807) is 12.1 Å². The molecule has 25 heavy (non-hydrogen) atoms. The zero-order chi connectivity index (χ0) is 18.4. The first-order valence-electron chi connectivity index (χ1n) is 7.53. The molecule has 134 valence electrons. The Morgan fingerprint density at radius 3 is 2.28 bits per heavy atom. The van der Waals surface area contributed by atoms with Crippen LogP contribution in [0.25, 0.3) is 0 Å². The molecule has 0 unspecified atom stereocenters. The SMILES string of the molecule is COc1cc(CCNC(=O)c2c(F)cccc2Cl)cc(OC)c1OC. The Morgan fingerprint density at radius 2 is 1.76 bits per heavy atom. The summed E-state index contributed by atoms with van der Waals surface area (Å²) in [5.74, 6) is 0.338. The van der Waals surface area contributed by atoms with Crippen LogP contribution in [0.3, 0.4) is 0 Å². The van der Waals surface area contributed by atoms with Gasteiger partial charge in [0.05, 0.1) is 31.9 Å². The van der Waals surface area contributed by atoms with E-state index in [0.717, 1.165) is 5.56 Å². The van der Waals surface area contributed by atoms with Crippen LogP contribution >= 0.6 is 11.6 Å². The highest BCUT2D eigenvalue weighted by Gasteiger charge is 2.16. The van der Waals surface area contributed by atoms with E-state index in [-0.39, 0.29) is 10.6 Å². The van der Waals surface area contributed by atoms with Gasteiger partial charge in [-0.2, -0.15) is 0 Å². The van der Waals surface area contributed by atoms with Gasteiger partial charge in [-0.3, -0.25) is 4.79 Å². The van der Waals surface area contributed by atoms with E-state index in [2.05, 4.69) is 5.32 Å². The number of carbonyl (C=O) groups is 1. The van der Waals surface area contributed by atoms with Gasteiger partial charge in [-0.15, -0.1) is 0 Å². The maximum absolute atomic E-state index is 13.7. The van der Waals surface area contributed by atoms with E-state index in [1.807, 2.05) is 0 Å². The van der Waals surface area contributed by atoms with Gasteiger partial charge in [0.1, 0.15) is 5.82 Å². The second-order valence-electron chi connectivity index (χ2n) is 5.14. The van der Waals surface area contributed by atoms with Crippen LogP contribution in [0, 0.1) is 5.82 Å². The van der Waals surface area contributed by atoms with Crippen LogP contribution in [0.15, 0.2) is 30.3 Å². The average Bonchev–Trinajstić information content (AvgIpc) is 2.60. The topological polar surface area (TPSA) is 56.8 Å². The van der Waals surface area contributed by atoms with Gasteiger partial charge in [0.2, 0.25) is 5.75 Å². The molecule has 7 heteroatoms. The van der Waals surface area contributed by atoms with Crippen molar-refractivity contribution in [2.45, 2.75) is 6.42 Å². The number of benzene rings is 2. The van der Waals surface area contributed by atoms with Gasteiger partial charge in [-0.05, 0) is 36.2 Å². The van der Waals surface area contributed by atoms with Crippen molar-refractivity contribution in [3.05, 3.63) is 52.3 Å². The average molecular weight is 368 g/mol. The summed E-state index contributed by atoms with van der Waals surface area (Å²) >= 11 is 5.89. The van der Waals surface area contributed by atoms with E-state index in [9.17, 15) is 9.18 Å². The predicted molar refractivity (Wildman–Crippen MR) is 93.5 cm³/mol. The summed E-state index contributed by atoms with van der Waals surface area (Å²) in [4.78, 5) is 12.1. The zero-order valence-electron chi connectivity index (χ0n) is 14.2. The minimum Gasteiger partial charge on any atom is -0.493 e. The summed E-state index contributed by atoms with van der Waals surface area (Å²) in [5.41, 5.74) is 0.712. The number of carbonyl (C=O) groups excluding carboxylic acids is 1. The van der Waals surface area contributed by atoms with Crippen molar-refractivity contribution in [2.24, 2.45) is 0 Å². The van der Waals surface area contributed by atoms with Crippen molar-refractivity contribution < 1.29 is 23.4 Å². The Balaban J connectivity index is 2.08. The monoisotopic (exact) mass is 367 g/mol. The normalized spacial score (nSPS) is 10.3. The van der Waals surface area contributed by atoms with Crippen LogP contribution in [0.4, 0.5) is 4.39 Å². The molecule has 0 spiro atoms. The highest BCUT2D eigenvalue weighted by Crippen LogP contribution is 2.38. The first-order chi connectivity index (χ1) is 12.0. The highest BCUT2D eigenvalue weighted by molar-refractivity contribution is 6.33. The van der Waals surface area contributed by atoms with Crippen molar-refractivity contribution in [1.82, 2.24) is 5.32 Å². The van der Waals surface area contributed by atoms with Crippen LogP contribution in [0.5, 0.6) is 17.2 Å². The third-order valence-electron chi connectivity index (χ3n) is 3.61. The van der Waals surface area contributed by atoms with Crippen molar-refractivity contribution >= 4 is 17.5 Å². The molecule has 0 atom stereocenters. The molecule has 0 heterocycles. The molecule has 0 radical (unpaired) electrons. The van der Waals surface area contributed by atoms with Gasteiger partial charge in [0.15, 0.2) is 11.5 Å². The molecule has 2 aromatic carbocycles. The van der Waals surface area contributed by atoms with Crippen LogP contribution in [-0.2, 0) is 6.42 Å². The van der Waals surface area contributed by atoms with Gasteiger partial charge < -0.3 is 19.5 Å². The van der Waals surface area contributed by atoms with Gasteiger partial charge in [-0.25, -0.2) is 4.39 Å². The lowest BCUT2D eigenvalue weighted by Gasteiger charge is -2.14. The molecule has 0 aliphatic rings. The molecule has 0 saturated heterocycles. The van der Waals surface area contributed by atoms with Crippen molar-refractivity contribution in [3.63, 3.8) is 0 Å². The van der Waals surface area contributed by atoms with E-state index >= 15 is 0 Å². The third-order valence-corrected chi connectivity index (χ3v) is 3.93. The summed E-state index contributed by atoms with van der Waals surface area (Å²) in [7, 11) is 4.59. The van der Waals surface area contributed by atoms with Gasteiger partial charge in [0.25, 0.3) is 5.91 Å². The number of halogens is 2. The van der Waals surface area contributed by atoms with E-state index in [0.29, 0.717) is 30.2 Å². The number of nitrogens with one attached hydrogen (secondary N) is 1. The number of methoxy groups -OCH3 is 3. The fourth-order valence-corrected chi connectivity index (χ4v) is 2.65. The van der Waals surface area contributed by atoms with Gasteiger partial charge >= 0.3 is 0 Å². The standard InChI is InChI=1S/C18H19ClFNO4/c1-23-14-9-11(10-15(24-2)17(14)25-3)7-8-21-18(22)16-12(19)5-4-6-13(16)20/h4-6,9-10H,7-8H2,1-3H3,(H,21,22). The largest absolute Gasteiger partial charge is 0.493 e. The summed E-state index contributed by atoms with van der Waals surface area (Å²) in [6.45, 7) is 0.294. The first kappa shape index (κ1) is 18.9. The fourth-order valence-electron chi connectivity index (χ4n) is 2.40. The molecule has 0 aliphatic heterocycles. The molecule has 0 saturated carbocycles. The van der Waals surface area contributed by atoms with Crippen molar-refractivity contribution in [3.8, 4) is 17.2 Å². The number of rotatable bonds is 7. The first-order valence-corrected chi connectivity index (χ1v) is 7.90. The molecule has 0 fully saturated rings. The highest BCUT2D eigenvalue weighted by atomic mass is 35.5. The van der Waals surface area contributed by atoms with Crippen molar-refractivity contribution in [2.75, 3.05) is 27.9 Å². The smallest absolute Gasteiger partial charge is 0.255 e. The van der Waals surface area contributed by atoms with E-state index in [1.165, 1.54) is 39.5 Å². The molecule has 2 rings (SSSR count). The molecule has 5 nitrogen and oxygen atoms in total. The van der Waals surface area contributed by atoms with Crippen LogP contribution in [0.2, 0.25) is 5.02 Å². The molecule has 0 bridgehead atoms. The minimum atomic E-state index is -0.655. The molecule has 1 N–H and O–H groups in total. The molecular weight excluding hydrogens is 349 g/mol. The van der Waals surface area contributed by atoms with E-state index < -0.39 is 11.7 Å². The van der Waals surface area contributed by atoms with Crippen LogP contribution in [0.1, 0.15) is 15.9 Å². The zero-order valence-corrected chi connectivity index (χ0v) is 14.9. The predicted octanol–water partition coefficient (Wildman–Crippen LogP) is 3.48. The molecule has 0 aromatic heterocycles. The number of hydrogen-bond donors (Lipinski definition) is 1. The minimum absolute atomic E-state index is 0.0743. The fraction of sp³-hybridized carbons (Fsp3) is 0.278. The quantitative estimate of drug-likeness (QED) is 0.814. The Kier molecular flexibility index (Phi) is 6.47. The molecule has 2 aromatic rings. The second-order valence-corrected chi connectivity index (χ2v) is 5.54. The van der Waals surface area contributed by atoms with Gasteiger partial charge in [0, 0.05) is 6.54 Å². The Hall–Kier alpha value is -2.47. The summed E-state index contributed by atoms with van der Waals surface area (Å²) in [5, 5.41) is 2.73. The summed E-state index contributed by atoms with van der Waals surface area (Å²) in [6, 6.07) is 7.70. The summed E-state index contributed by atoms with van der Waals surface area (Å²) < 4.78 is 29.6. The molecule has 1 amide bonds. The maximum atomic E-state index is 13.7. The number of ether oxygens (including phenoxy) is 3. The van der Waals surface area contributed by atoms with Crippen LogP contribution in [-0.4, -0.2) is 33.8 Å². The second kappa shape index (κ2) is 8.58. The van der Waals surface area contributed by atoms with Crippen LogP contribution < -0.4 is 19.5 Å². The lowest BCUT2D eigenvalue weighted by atomic mass is 10.1. The third kappa shape index (κ3) is 4.33. The molecule has 0 aliphatic carbocycles. The van der Waals surface area contributed by atoms with E-state index in [4.69, 9.17) is 25.8 Å². The number of amides is 1. The maximum Gasteiger partial charge on any atom is 0.255 e. The number of hydrogen-bond acceptors (Lipinski definition) is 4.